The molecule has 0 aliphatic heterocycles. The minimum Gasteiger partial charge on any atom is -0.296 e. The highest BCUT2D eigenvalue weighted by atomic mass is 16.1. The number of hydrogen-bond donors (Lipinski definition) is 1. The Balaban J connectivity index is 1.75. The lowest BCUT2D eigenvalue weighted by molar-refractivity contribution is 0.469. The zero-order chi connectivity index (χ0) is 18.3. The molecule has 132 valence electrons. The predicted octanol–water partition coefficient (Wildman–Crippen LogP) is 2.70. The molecule has 1 N–H and O–H groups in total. The molecule has 4 rings (SSSR count). The van der Waals surface area contributed by atoms with Gasteiger partial charge in [-0.2, -0.15) is 5.10 Å². The van der Waals surface area contributed by atoms with Gasteiger partial charge in [-0.05, 0) is 26.3 Å². The second-order valence-corrected chi connectivity index (χ2v) is 6.50. The van der Waals surface area contributed by atoms with E-state index in [2.05, 4.69) is 22.1 Å². The lowest BCUT2D eigenvalue weighted by Crippen LogP contribution is -2.18. The van der Waals surface area contributed by atoms with E-state index in [4.69, 9.17) is 4.98 Å². The largest absolute Gasteiger partial charge is 0.296 e. The molecule has 0 unspecified atom stereocenters. The molecule has 26 heavy (non-hydrogen) atoms. The number of H-pyrrole nitrogens is 1. The summed E-state index contributed by atoms with van der Waals surface area (Å²) in [4.78, 5) is 21.6. The van der Waals surface area contributed by atoms with Crippen molar-refractivity contribution in [3.63, 3.8) is 0 Å². The molecule has 0 bridgehead atoms. The molecule has 7 heteroatoms. The van der Waals surface area contributed by atoms with E-state index in [9.17, 15) is 4.79 Å². The van der Waals surface area contributed by atoms with E-state index in [-0.39, 0.29) is 11.6 Å². The third-order valence-corrected chi connectivity index (χ3v) is 4.47. The molecule has 3 aromatic heterocycles. The van der Waals surface area contributed by atoms with Gasteiger partial charge < -0.3 is 0 Å². The van der Waals surface area contributed by atoms with Crippen molar-refractivity contribution in [3.8, 4) is 11.1 Å². The molecule has 0 saturated heterocycles. The summed E-state index contributed by atoms with van der Waals surface area (Å²) >= 11 is 0. The van der Waals surface area contributed by atoms with E-state index in [1.54, 1.807) is 6.07 Å². The maximum absolute atomic E-state index is 12.5. The average molecular weight is 348 g/mol. The standard InChI is InChI=1S/C19H20N6O/c1-12(24-14(3)21-13(2)23-24)9-16-10-18(26)25-19(22-16)17(11-20-25)15-7-5-4-6-8-15/h4-8,10-12,20H,9H2,1-3H3/t12-/m1/s1. The zero-order valence-electron chi connectivity index (χ0n) is 15.0. The van der Waals surface area contributed by atoms with Gasteiger partial charge in [0, 0.05) is 24.2 Å². The van der Waals surface area contributed by atoms with Gasteiger partial charge in [0.2, 0.25) is 0 Å². The highest BCUT2D eigenvalue weighted by Crippen LogP contribution is 2.23. The molecule has 0 amide bonds. The van der Waals surface area contributed by atoms with Crippen LogP contribution in [0.2, 0.25) is 0 Å². The summed E-state index contributed by atoms with van der Waals surface area (Å²) in [5, 5.41) is 7.43. The summed E-state index contributed by atoms with van der Waals surface area (Å²) < 4.78 is 3.36. The second-order valence-electron chi connectivity index (χ2n) is 6.50. The van der Waals surface area contributed by atoms with Crippen LogP contribution in [0.25, 0.3) is 16.8 Å². The number of nitrogens with zero attached hydrogens (tertiary/aromatic N) is 5. The van der Waals surface area contributed by atoms with Crippen LogP contribution in [0.3, 0.4) is 0 Å². The van der Waals surface area contributed by atoms with Gasteiger partial charge in [-0.15, -0.1) is 0 Å². The van der Waals surface area contributed by atoms with Crippen molar-refractivity contribution in [3.05, 3.63) is 70.3 Å². The van der Waals surface area contributed by atoms with E-state index in [1.165, 1.54) is 4.52 Å². The molecule has 1 atom stereocenters. The number of benzene rings is 1. The van der Waals surface area contributed by atoms with Gasteiger partial charge in [-0.3, -0.25) is 9.89 Å². The third kappa shape index (κ3) is 2.81. The van der Waals surface area contributed by atoms with Crippen LogP contribution < -0.4 is 5.56 Å². The van der Waals surface area contributed by atoms with Gasteiger partial charge in [-0.1, -0.05) is 30.3 Å². The summed E-state index contributed by atoms with van der Waals surface area (Å²) in [6, 6.07) is 11.6. The Morgan fingerprint density at radius 2 is 1.92 bits per heavy atom. The van der Waals surface area contributed by atoms with Crippen LogP contribution in [0, 0.1) is 13.8 Å². The van der Waals surface area contributed by atoms with Crippen molar-refractivity contribution in [1.82, 2.24) is 29.4 Å². The Morgan fingerprint density at radius 3 is 2.62 bits per heavy atom. The van der Waals surface area contributed by atoms with Crippen molar-refractivity contribution in [2.75, 3.05) is 0 Å². The maximum atomic E-state index is 12.5. The predicted molar refractivity (Wildman–Crippen MR) is 99.2 cm³/mol. The van der Waals surface area contributed by atoms with E-state index in [0.717, 1.165) is 28.5 Å². The van der Waals surface area contributed by atoms with Crippen LogP contribution in [-0.2, 0) is 6.42 Å². The van der Waals surface area contributed by atoms with Crippen molar-refractivity contribution in [2.24, 2.45) is 0 Å². The average Bonchev–Trinajstić information content (AvgIpc) is 3.19. The smallest absolute Gasteiger partial charge is 0.272 e. The lowest BCUT2D eigenvalue weighted by atomic mass is 10.1. The number of aromatic amines is 1. The molecule has 0 aliphatic rings. The Kier molecular flexibility index (Phi) is 3.91. The first kappa shape index (κ1) is 16.3. The summed E-state index contributed by atoms with van der Waals surface area (Å²) in [6.07, 6.45) is 2.42. The minimum atomic E-state index is -0.120. The highest BCUT2D eigenvalue weighted by Gasteiger charge is 2.15. The molecule has 1 aromatic carbocycles. The normalized spacial score (nSPS) is 12.6. The van der Waals surface area contributed by atoms with Crippen LogP contribution in [0.15, 0.2) is 47.4 Å². The van der Waals surface area contributed by atoms with Crippen molar-refractivity contribution >= 4 is 5.65 Å². The van der Waals surface area contributed by atoms with E-state index in [1.807, 2.05) is 55.1 Å². The first-order valence-electron chi connectivity index (χ1n) is 8.58. The molecule has 0 radical (unpaired) electrons. The molecular formula is C19H20N6O. The number of aryl methyl sites for hydroxylation is 2. The number of fused-ring (bicyclic) bond motifs is 1. The van der Waals surface area contributed by atoms with Gasteiger partial charge in [0.05, 0.1) is 11.7 Å². The number of hydrogen-bond acceptors (Lipinski definition) is 4. The minimum absolute atomic E-state index is 0.0599. The van der Waals surface area contributed by atoms with Crippen LogP contribution in [0.1, 0.15) is 30.3 Å². The molecule has 0 spiro atoms. The fraction of sp³-hybridized carbons (Fsp3) is 0.263. The van der Waals surface area contributed by atoms with Crippen LogP contribution in [0.5, 0.6) is 0 Å². The van der Waals surface area contributed by atoms with Crippen molar-refractivity contribution < 1.29 is 0 Å². The summed E-state index contributed by atoms with van der Waals surface area (Å²) in [7, 11) is 0. The highest BCUT2D eigenvalue weighted by molar-refractivity contribution is 5.76. The van der Waals surface area contributed by atoms with Crippen LogP contribution >= 0.6 is 0 Å². The second kappa shape index (κ2) is 6.25. The Bertz CT molecular complexity index is 1120. The van der Waals surface area contributed by atoms with Crippen molar-refractivity contribution in [1.29, 1.82) is 0 Å². The van der Waals surface area contributed by atoms with Crippen molar-refractivity contribution in [2.45, 2.75) is 33.2 Å². The summed E-state index contributed by atoms with van der Waals surface area (Å²) in [5.41, 5.74) is 3.19. The Morgan fingerprint density at radius 1 is 1.15 bits per heavy atom. The van der Waals surface area contributed by atoms with Gasteiger partial charge in [0.15, 0.2) is 5.65 Å². The van der Waals surface area contributed by atoms with Gasteiger partial charge in [-0.25, -0.2) is 19.2 Å². The van der Waals surface area contributed by atoms with Gasteiger partial charge in [0.25, 0.3) is 5.56 Å². The van der Waals surface area contributed by atoms with E-state index < -0.39 is 0 Å². The fourth-order valence-corrected chi connectivity index (χ4v) is 3.31. The van der Waals surface area contributed by atoms with Crippen LogP contribution in [-0.4, -0.2) is 29.4 Å². The first-order chi connectivity index (χ1) is 12.5. The number of aromatic nitrogens is 6. The van der Waals surface area contributed by atoms with E-state index in [0.29, 0.717) is 12.1 Å². The molecule has 7 nitrogen and oxygen atoms in total. The summed E-state index contributed by atoms with van der Waals surface area (Å²) in [6.45, 7) is 5.86. The third-order valence-electron chi connectivity index (χ3n) is 4.47. The van der Waals surface area contributed by atoms with Crippen LogP contribution in [0.4, 0.5) is 0 Å². The number of rotatable bonds is 4. The SMILES string of the molecule is Cc1nc(C)n([C@H](C)Cc2cc(=O)n3[nH]cc(-c4ccccc4)c3n2)n1. The monoisotopic (exact) mass is 348 g/mol. The Labute approximate surface area is 150 Å². The summed E-state index contributed by atoms with van der Waals surface area (Å²) in [5.74, 6) is 1.61. The van der Waals surface area contributed by atoms with Gasteiger partial charge in [0.1, 0.15) is 11.6 Å². The molecule has 4 aromatic rings. The van der Waals surface area contributed by atoms with Gasteiger partial charge >= 0.3 is 0 Å². The zero-order valence-corrected chi connectivity index (χ0v) is 15.0. The molecule has 0 saturated carbocycles. The maximum Gasteiger partial charge on any atom is 0.272 e. The molecule has 0 aliphatic carbocycles. The number of nitrogens with one attached hydrogen (secondary N) is 1. The topological polar surface area (TPSA) is 80.9 Å². The first-order valence-corrected chi connectivity index (χ1v) is 8.58. The van der Waals surface area contributed by atoms with E-state index >= 15 is 0 Å². The Hall–Kier alpha value is -3.22. The fourth-order valence-electron chi connectivity index (χ4n) is 3.31. The lowest BCUT2D eigenvalue weighted by Gasteiger charge is -2.13. The molecule has 3 heterocycles. The molecule has 0 fully saturated rings. The quantitative estimate of drug-likeness (QED) is 0.615. The molecular weight excluding hydrogens is 328 g/mol.